The van der Waals surface area contributed by atoms with E-state index in [1.807, 2.05) is 24.3 Å². The number of fused-ring (bicyclic) bond motifs is 10. The van der Waals surface area contributed by atoms with Gasteiger partial charge < -0.3 is 12.8 Å². The van der Waals surface area contributed by atoms with Crippen molar-refractivity contribution >= 4 is 102 Å². The molecule has 0 heterocycles. The SMILES string of the molecule is [Ag+].[Ag+].[C-]#Cc1ccc2ccc3c4ccccc4ccc3c2c1.[C-]#Cc1ccc2ccc3c4ccccc4ccc3c2c1.c1ccc([PH+](CC[PH+](c2ccccc2)c2ccccc2)c2ccccc2)cc1. The normalized spacial score (nSPS) is 10.7. The molecule has 0 aromatic heterocycles. The zero-order valence-corrected chi connectivity index (χ0v) is 43.2. The fraction of sp³-hybridized carbons (Fsp3) is 0.0303. The molecule has 0 aliphatic heterocycles. The second-order valence-electron chi connectivity index (χ2n) is 16.9. The van der Waals surface area contributed by atoms with E-state index in [9.17, 15) is 0 Å². The Morgan fingerprint density at radius 1 is 0.257 bits per heavy atom. The first-order valence-corrected chi connectivity index (χ1v) is 26.5. The van der Waals surface area contributed by atoms with Gasteiger partial charge in [-0.25, -0.2) is 0 Å². The number of hydrogen-bond donors (Lipinski definition) is 0. The second-order valence-corrected chi connectivity index (χ2v) is 22.2. The van der Waals surface area contributed by atoms with Gasteiger partial charge in [0, 0.05) is 0 Å². The van der Waals surface area contributed by atoms with Crippen LogP contribution in [0.15, 0.2) is 255 Å². The average molecular weight is 1120 g/mol. The van der Waals surface area contributed by atoms with Gasteiger partial charge in [-0.15, -0.1) is 35.4 Å². The van der Waals surface area contributed by atoms with Crippen LogP contribution in [0.2, 0.25) is 0 Å². The zero-order chi connectivity index (χ0) is 46.1. The topological polar surface area (TPSA) is 0 Å². The van der Waals surface area contributed by atoms with Crippen LogP contribution in [0.25, 0.3) is 64.6 Å². The molecule has 0 fully saturated rings. The van der Waals surface area contributed by atoms with Crippen molar-refractivity contribution in [2.75, 3.05) is 12.3 Å². The molecule has 0 radical (unpaired) electrons. The first-order chi connectivity index (χ1) is 33.6. The van der Waals surface area contributed by atoms with Crippen LogP contribution in [0.5, 0.6) is 0 Å². The van der Waals surface area contributed by atoms with Crippen molar-refractivity contribution in [3.63, 3.8) is 0 Å². The monoisotopic (exact) mass is 1120 g/mol. The van der Waals surface area contributed by atoms with E-state index in [0.717, 1.165) is 11.1 Å². The predicted octanol–water partition coefficient (Wildman–Crippen LogP) is 14.9. The largest absolute Gasteiger partial charge is 1.00 e. The summed E-state index contributed by atoms with van der Waals surface area (Å²) in [5.74, 6) is 4.94. The van der Waals surface area contributed by atoms with Crippen molar-refractivity contribution in [1.82, 2.24) is 0 Å². The van der Waals surface area contributed by atoms with Gasteiger partial charge in [0.15, 0.2) is 0 Å². The van der Waals surface area contributed by atoms with Crippen molar-refractivity contribution in [3.05, 3.63) is 279 Å². The molecule has 0 saturated heterocycles. The van der Waals surface area contributed by atoms with E-state index < -0.39 is 15.8 Å². The van der Waals surface area contributed by atoms with Crippen molar-refractivity contribution in [2.24, 2.45) is 0 Å². The summed E-state index contributed by atoms with van der Waals surface area (Å²) in [6, 6.07) is 90.8. The summed E-state index contributed by atoms with van der Waals surface area (Å²) < 4.78 is 0. The van der Waals surface area contributed by atoms with Gasteiger partial charge in [0.25, 0.3) is 0 Å². The Balaban J connectivity index is 0.000000142. The third-order valence-corrected chi connectivity index (χ3v) is 19.0. The van der Waals surface area contributed by atoms with E-state index in [0.29, 0.717) is 0 Å². The fourth-order valence-electron chi connectivity index (χ4n) is 9.51. The maximum atomic E-state index is 7.31. The Morgan fingerprint density at radius 3 is 0.829 bits per heavy atom. The van der Waals surface area contributed by atoms with Crippen LogP contribution in [0, 0.1) is 24.7 Å². The Hall–Kier alpha value is -6.34. The smallest absolute Gasteiger partial charge is 0.366 e. The number of rotatable bonds is 7. The zero-order valence-electron chi connectivity index (χ0n) is 38.3. The van der Waals surface area contributed by atoms with Crippen molar-refractivity contribution in [3.8, 4) is 11.8 Å². The van der Waals surface area contributed by atoms with Crippen LogP contribution in [-0.4, -0.2) is 12.3 Å². The molecule has 12 rings (SSSR count). The average Bonchev–Trinajstić information content (AvgIpc) is 3.42. The van der Waals surface area contributed by atoms with Crippen LogP contribution >= 0.6 is 15.8 Å². The minimum absolute atomic E-state index is 0. The van der Waals surface area contributed by atoms with E-state index in [-0.39, 0.29) is 44.8 Å². The molecule has 0 saturated carbocycles. The first kappa shape index (κ1) is 50.1. The molecule has 0 bridgehead atoms. The summed E-state index contributed by atoms with van der Waals surface area (Å²) in [5.41, 5.74) is 1.64. The Bertz CT molecular complexity index is 3440. The van der Waals surface area contributed by atoms with E-state index in [2.05, 4.69) is 242 Å². The van der Waals surface area contributed by atoms with Gasteiger partial charge in [0.2, 0.25) is 0 Å². The Morgan fingerprint density at radius 2 is 0.514 bits per heavy atom. The summed E-state index contributed by atoms with van der Waals surface area (Å²) in [6.07, 6.45) is 17.1. The fourth-order valence-corrected chi connectivity index (χ4v) is 15.7. The Labute approximate surface area is 445 Å². The standard InChI is InChI=1S/C26H24P2.2C20H11.2Ag/c1-5-13-23(14-6-1)27(24-15-7-2-8-16-24)21-22-28(25-17-9-3-10-18-25)26-19-11-4-12-20-26;2*1-2-14-7-8-16-10-11-18-17-6-4-3-5-15(17)9-12-19(18)20(16)13-14;;/h1-20H,21-22H2;2*3-13H;;/q;2*-1;2*+1/p+2. The third-order valence-electron chi connectivity index (χ3n) is 12.9. The first-order valence-electron chi connectivity index (χ1n) is 23.1. The minimum atomic E-state index is -0.783. The molecule has 12 aromatic carbocycles. The molecule has 0 atom stereocenters. The third kappa shape index (κ3) is 11.1. The maximum absolute atomic E-state index is 7.31. The van der Waals surface area contributed by atoms with Crippen LogP contribution < -0.4 is 21.2 Å². The van der Waals surface area contributed by atoms with Gasteiger partial charge in [-0.1, -0.05) is 182 Å². The molecule has 0 nitrogen and oxygen atoms in total. The molecule has 342 valence electrons. The van der Waals surface area contributed by atoms with Gasteiger partial charge in [0.1, 0.15) is 12.3 Å². The molecule has 4 heteroatoms. The summed E-state index contributed by atoms with van der Waals surface area (Å²) in [6.45, 7) is 0. The molecule has 12 aromatic rings. The summed E-state index contributed by atoms with van der Waals surface area (Å²) >= 11 is 0. The van der Waals surface area contributed by atoms with Gasteiger partial charge in [-0.3, -0.25) is 11.8 Å². The molecule has 0 spiro atoms. The van der Waals surface area contributed by atoms with Crippen LogP contribution in [0.3, 0.4) is 0 Å². The number of benzene rings is 12. The molecule has 70 heavy (non-hydrogen) atoms. The van der Waals surface area contributed by atoms with Crippen LogP contribution in [0.4, 0.5) is 0 Å². The minimum Gasteiger partial charge on any atom is -0.366 e. The molecule has 0 unspecified atom stereocenters. The quantitative estimate of drug-likeness (QED) is 0.0491. The van der Waals surface area contributed by atoms with E-state index in [1.165, 1.54) is 98.2 Å². The molecule has 0 aliphatic rings. The number of hydrogen-bond acceptors (Lipinski definition) is 0. The van der Waals surface area contributed by atoms with E-state index in [1.54, 1.807) is 0 Å². The molecular weight excluding hydrogens is 1070 g/mol. The predicted molar refractivity (Wildman–Crippen MR) is 301 cm³/mol. The molecule has 0 amide bonds. The van der Waals surface area contributed by atoms with E-state index in [4.69, 9.17) is 12.8 Å². The molecular formula is C66H48Ag2P2+2. The van der Waals surface area contributed by atoms with Gasteiger partial charge in [-0.05, 0) is 113 Å². The Kier molecular flexibility index (Phi) is 17.2. The van der Waals surface area contributed by atoms with Crippen molar-refractivity contribution < 1.29 is 44.8 Å². The van der Waals surface area contributed by atoms with Crippen LogP contribution in [0.1, 0.15) is 11.1 Å². The van der Waals surface area contributed by atoms with Crippen molar-refractivity contribution in [2.45, 2.75) is 0 Å². The second kappa shape index (κ2) is 24.0. The van der Waals surface area contributed by atoms with Crippen molar-refractivity contribution in [1.29, 1.82) is 0 Å². The summed E-state index contributed by atoms with van der Waals surface area (Å²) in [7, 11) is -1.57. The van der Waals surface area contributed by atoms with E-state index >= 15 is 0 Å². The molecule has 0 aliphatic carbocycles. The summed E-state index contributed by atoms with van der Waals surface area (Å²) in [5, 5.41) is 20.9. The molecule has 0 N–H and O–H groups in total. The van der Waals surface area contributed by atoms with Gasteiger partial charge >= 0.3 is 44.8 Å². The van der Waals surface area contributed by atoms with Crippen LogP contribution in [-0.2, 0) is 44.8 Å². The maximum Gasteiger partial charge on any atom is 1.00 e. The van der Waals surface area contributed by atoms with Gasteiger partial charge in [0.05, 0.1) is 37.1 Å². The summed E-state index contributed by atoms with van der Waals surface area (Å²) in [4.78, 5) is 0. The van der Waals surface area contributed by atoms with Gasteiger partial charge in [-0.2, -0.15) is 0 Å².